The molecule has 4 aromatic rings. The van der Waals surface area contributed by atoms with Crippen LogP contribution in [0.1, 0.15) is 55.2 Å². The molecule has 190 valence electrons. The lowest BCUT2D eigenvalue weighted by Crippen LogP contribution is -2.53. The molecule has 1 unspecified atom stereocenters. The van der Waals surface area contributed by atoms with Crippen LogP contribution >= 0.6 is 0 Å². The van der Waals surface area contributed by atoms with Crippen molar-refractivity contribution in [3.8, 4) is 0 Å². The SMILES string of the molecule is CCCCN1C(=O)C(Cc2cn(Cc3ccccc3)c3ccccc23)N(C(=O)c2ccccn2)C1(C)C. The fraction of sp³-hybridized carbons (Fsp3) is 0.323. The molecule has 0 spiro atoms. The molecular formula is C31H34N4O2. The molecule has 37 heavy (non-hydrogen) atoms. The van der Waals surface area contributed by atoms with E-state index in [1.165, 1.54) is 5.56 Å². The van der Waals surface area contributed by atoms with Gasteiger partial charge in [0.2, 0.25) is 5.91 Å². The van der Waals surface area contributed by atoms with Crippen molar-refractivity contribution in [3.05, 3.63) is 102 Å². The van der Waals surface area contributed by atoms with E-state index in [-0.39, 0.29) is 11.8 Å². The first kappa shape index (κ1) is 24.8. The maximum absolute atomic E-state index is 13.9. The lowest BCUT2D eigenvalue weighted by Gasteiger charge is -2.38. The van der Waals surface area contributed by atoms with E-state index in [2.05, 4.69) is 46.9 Å². The molecule has 6 heteroatoms. The summed E-state index contributed by atoms with van der Waals surface area (Å²) >= 11 is 0. The summed E-state index contributed by atoms with van der Waals surface area (Å²) in [6.07, 6.45) is 6.09. The fourth-order valence-corrected chi connectivity index (χ4v) is 5.56. The minimum absolute atomic E-state index is 0.00243. The Labute approximate surface area is 218 Å². The van der Waals surface area contributed by atoms with E-state index in [1.54, 1.807) is 23.2 Å². The van der Waals surface area contributed by atoms with Gasteiger partial charge in [0.1, 0.15) is 17.4 Å². The largest absolute Gasteiger partial charge is 0.343 e. The van der Waals surface area contributed by atoms with Crippen molar-refractivity contribution in [1.29, 1.82) is 0 Å². The van der Waals surface area contributed by atoms with Gasteiger partial charge >= 0.3 is 0 Å². The Bertz CT molecular complexity index is 1390. The van der Waals surface area contributed by atoms with Crippen LogP contribution in [0.2, 0.25) is 0 Å². The van der Waals surface area contributed by atoms with Gasteiger partial charge in [-0.15, -0.1) is 0 Å². The first-order valence-corrected chi connectivity index (χ1v) is 13.1. The van der Waals surface area contributed by atoms with Gasteiger partial charge in [0.05, 0.1) is 0 Å². The highest BCUT2D eigenvalue weighted by Gasteiger charge is 2.53. The quantitative estimate of drug-likeness (QED) is 0.324. The molecule has 2 aromatic carbocycles. The fourth-order valence-electron chi connectivity index (χ4n) is 5.56. The van der Waals surface area contributed by atoms with E-state index in [4.69, 9.17) is 0 Å². The Hall–Kier alpha value is -3.93. The molecule has 5 rings (SSSR count). The Kier molecular flexibility index (Phi) is 6.83. The van der Waals surface area contributed by atoms with Crippen LogP contribution in [0, 0.1) is 0 Å². The summed E-state index contributed by atoms with van der Waals surface area (Å²) in [6.45, 7) is 7.43. The number of pyridine rings is 1. The molecule has 1 atom stereocenters. The van der Waals surface area contributed by atoms with Gasteiger partial charge < -0.3 is 14.4 Å². The van der Waals surface area contributed by atoms with Crippen molar-refractivity contribution >= 4 is 22.7 Å². The van der Waals surface area contributed by atoms with Crippen LogP contribution in [-0.4, -0.2) is 49.4 Å². The van der Waals surface area contributed by atoms with Gasteiger partial charge in [-0.25, -0.2) is 0 Å². The second kappa shape index (κ2) is 10.2. The number of carbonyl (C=O) groups is 2. The molecule has 3 heterocycles. The predicted octanol–water partition coefficient (Wildman–Crippen LogP) is 5.52. The van der Waals surface area contributed by atoms with E-state index in [0.29, 0.717) is 18.7 Å². The molecule has 1 aliphatic heterocycles. The van der Waals surface area contributed by atoms with Crippen molar-refractivity contribution < 1.29 is 9.59 Å². The highest BCUT2D eigenvalue weighted by Crippen LogP contribution is 2.36. The summed E-state index contributed by atoms with van der Waals surface area (Å²) in [5.41, 5.74) is 3.00. The number of unbranched alkanes of at least 4 members (excludes halogenated alkanes) is 1. The Morgan fingerprint density at radius 1 is 0.973 bits per heavy atom. The number of aromatic nitrogens is 2. The number of hydrogen-bond donors (Lipinski definition) is 0. The lowest BCUT2D eigenvalue weighted by molar-refractivity contribution is -0.131. The minimum atomic E-state index is -0.756. The number of nitrogens with zero attached hydrogens (tertiary/aromatic N) is 4. The maximum Gasteiger partial charge on any atom is 0.274 e. The summed E-state index contributed by atoms with van der Waals surface area (Å²) < 4.78 is 2.24. The van der Waals surface area contributed by atoms with Gasteiger partial charge in [-0.2, -0.15) is 0 Å². The van der Waals surface area contributed by atoms with Gasteiger partial charge in [-0.05, 0) is 49.6 Å². The molecular weight excluding hydrogens is 460 g/mol. The Balaban J connectivity index is 1.54. The van der Waals surface area contributed by atoms with Crippen LogP contribution in [0.15, 0.2) is 85.2 Å². The van der Waals surface area contributed by atoms with E-state index in [9.17, 15) is 9.59 Å². The molecule has 0 N–H and O–H groups in total. The zero-order chi connectivity index (χ0) is 26.0. The van der Waals surface area contributed by atoms with E-state index in [0.717, 1.165) is 35.9 Å². The number of para-hydroxylation sites is 1. The van der Waals surface area contributed by atoms with Gasteiger partial charge in [0.15, 0.2) is 0 Å². The van der Waals surface area contributed by atoms with Crippen molar-refractivity contribution in [2.24, 2.45) is 0 Å². The van der Waals surface area contributed by atoms with Crippen LogP contribution < -0.4 is 0 Å². The summed E-state index contributed by atoms with van der Waals surface area (Å²) in [6, 6.07) is 23.4. The molecule has 2 aromatic heterocycles. The Morgan fingerprint density at radius 2 is 1.70 bits per heavy atom. The summed E-state index contributed by atoms with van der Waals surface area (Å²) in [7, 11) is 0. The molecule has 2 amide bonds. The summed E-state index contributed by atoms with van der Waals surface area (Å²) in [5.74, 6) is -0.210. The van der Waals surface area contributed by atoms with E-state index < -0.39 is 11.7 Å². The predicted molar refractivity (Wildman–Crippen MR) is 146 cm³/mol. The molecule has 6 nitrogen and oxygen atoms in total. The van der Waals surface area contributed by atoms with Crippen molar-refractivity contribution in [2.45, 2.75) is 58.3 Å². The number of carbonyl (C=O) groups excluding carboxylic acids is 2. The highest BCUT2D eigenvalue weighted by atomic mass is 16.2. The number of amides is 2. The number of fused-ring (bicyclic) bond motifs is 1. The van der Waals surface area contributed by atoms with Gasteiger partial charge in [0.25, 0.3) is 5.91 Å². The van der Waals surface area contributed by atoms with Crippen molar-refractivity contribution in [2.75, 3.05) is 6.54 Å². The Morgan fingerprint density at radius 3 is 2.43 bits per heavy atom. The van der Waals surface area contributed by atoms with E-state index >= 15 is 0 Å². The second-order valence-electron chi connectivity index (χ2n) is 10.2. The van der Waals surface area contributed by atoms with Crippen molar-refractivity contribution in [1.82, 2.24) is 19.4 Å². The lowest BCUT2D eigenvalue weighted by atomic mass is 10.0. The molecule has 1 saturated heterocycles. The molecule has 0 radical (unpaired) electrons. The molecule has 0 saturated carbocycles. The first-order chi connectivity index (χ1) is 17.9. The molecule has 0 bridgehead atoms. The van der Waals surface area contributed by atoms with Crippen molar-refractivity contribution in [3.63, 3.8) is 0 Å². The normalized spacial score (nSPS) is 17.1. The highest BCUT2D eigenvalue weighted by molar-refractivity contribution is 5.99. The van der Waals surface area contributed by atoms with Gasteiger partial charge in [0, 0.05) is 42.8 Å². The standard InChI is InChI=1S/C31H34N4O2/c1-4-5-19-34-30(37)28(35(31(34,2)3)29(36)26-16-11-12-18-32-26)20-24-22-33(21-23-13-7-6-8-14-23)27-17-10-9-15-25(24)27/h6-18,22,28H,4-5,19-21H2,1-3H3. The number of benzene rings is 2. The third-order valence-corrected chi connectivity index (χ3v) is 7.43. The molecule has 1 fully saturated rings. The van der Waals surface area contributed by atoms with Crippen LogP contribution in [0.25, 0.3) is 10.9 Å². The average molecular weight is 495 g/mol. The second-order valence-corrected chi connectivity index (χ2v) is 10.2. The van der Waals surface area contributed by atoms with Crippen LogP contribution in [0.4, 0.5) is 0 Å². The summed E-state index contributed by atoms with van der Waals surface area (Å²) in [4.78, 5) is 35.7. The smallest absolute Gasteiger partial charge is 0.274 e. The zero-order valence-electron chi connectivity index (χ0n) is 21.8. The van der Waals surface area contributed by atoms with Gasteiger partial charge in [-0.1, -0.05) is 67.9 Å². The monoisotopic (exact) mass is 494 g/mol. The average Bonchev–Trinajstić information content (AvgIpc) is 3.34. The third-order valence-electron chi connectivity index (χ3n) is 7.43. The molecule has 0 aliphatic carbocycles. The third kappa shape index (κ3) is 4.64. The number of hydrogen-bond acceptors (Lipinski definition) is 3. The van der Waals surface area contributed by atoms with Crippen LogP contribution in [0.5, 0.6) is 0 Å². The minimum Gasteiger partial charge on any atom is -0.343 e. The first-order valence-electron chi connectivity index (χ1n) is 13.1. The van der Waals surface area contributed by atoms with Crippen LogP contribution in [-0.2, 0) is 17.8 Å². The summed E-state index contributed by atoms with van der Waals surface area (Å²) in [5, 5.41) is 1.11. The van der Waals surface area contributed by atoms with E-state index in [1.807, 2.05) is 55.1 Å². The maximum atomic E-state index is 13.9. The van der Waals surface area contributed by atoms with Crippen LogP contribution in [0.3, 0.4) is 0 Å². The number of rotatable bonds is 8. The zero-order valence-corrected chi connectivity index (χ0v) is 21.8. The topological polar surface area (TPSA) is 58.4 Å². The molecule has 1 aliphatic rings. The van der Waals surface area contributed by atoms with Gasteiger partial charge in [-0.3, -0.25) is 14.6 Å².